The Morgan fingerprint density at radius 2 is 1.77 bits per heavy atom. The van der Waals surface area contributed by atoms with Gasteiger partial charge in [0.25, 0.3) is 0 Å². The van der Waals surface area contributed by atoms with Crippen molar-refractivity contribution in [3.63, 3.8) is 0 Å². The first-order chi connectivity index (χ1) is 16.3. The van der Waals surface area contributed by atoms with Gasteiger partial charge in [0.15, 0.2) is 34.7 Å². The van der Waals surface area contributed by atoms with E-state index in [1.165, 1.54) is 19.0 Å². The zero-order chi connectivity index (χ0) is 26.1. The Morgan fingerprint density at radius 3 is 2.29 bits per heavy atom. The van der Waals surface area contributed by atoms with Gasteiger partial charge in [-0.3, -0.25) is 28.9 Å². The Morgan fingerprint density at radius 1 is 1.14 bits per heavy atom. The van der Waals surface area contributed by atoms with Gasteiger partial charge in [-0.25, -0.2) is 0 Å². The summed E-state index contributed by atoms with van der Waals surface area (Å²) >= 11 is 0. The second-order valence-corrected chi connectivity index (χ2v) is 10.1. The molecule has 0 bridgehead atoms. The summed E-state index contributed by atoms with van der Waals surface area (Å²) in [5.41, 5.74) is 3.58. The molecule has 0 saturated heterocycles. The van der Waals surface area contributed by atoms with E-state index in [2.05, 4.69) is 0 Å². The highest BCUT2D eigenvalue weighted by Crippen LogP contribution is 2.52. The van der Waals surface area contributed by atoms with Gasteiger partial charge in [0.2, 0.25) is 5.91 Å². The summed E-state index contributed by atoms with van der Waals surface area (Å²) in [7, 11) is 6.54. The molecule has 5 N–H and O–H groups in total. The fourth-order valence-corrected chi connectivity index (χ4v) is 6.23. The number of phenols is 1. The van der Waals surface area contributed by atoms with E-state index in [0.29, 0.717) is 11.3 Å². The summed E-state index contributed by atoms with van der Waals surface area (Å²) in [6.45, 7) is -0.549. The minimum atomic E-state index is -2.76. The molecule has 4 rings (SSSR count). The molecule has 11 nitrogen and oxygen atoms in total. The van der Waals surface area contributed by atoms with Crippen LogP contribution in [-0.2, 0) is 32.2 Å². The van der Waals surface area contributed by atoms with Gasteiger partial charge >= 0.3 is 0 Å². The number of rotatable bonds is 4. The molecule has 0 spiro atoms. The molecule has 11 heteroatoms. The largest absolute Gasteiger partial charge is 0.507 e. The lowest BCUT2D eigenvalue weighted by Crippen LogP contribution is -2.74. The Bertz CT molecular complexity index is 1180. The Kier molecular flexibility index (Phi) is 5.86. The average Bonchev–Trinajstić information content (AvgIpc) is 2.75. The number of hydrogen-bond acceptors (Lipinski definition) is 10. The smallest absolute Gasteiger partial charge is 0.235 e. The molecule has 188 valence electrons. The SMILES string of the molecule is CN(C)c1cc(CO)c(O)c2c1CC1CC3[C@@H](N(C)C)C(=O)C(C(N)=O)C(=O)C3(O)C(=O)C1C2=O. The van der Waals surface area contributed by atoms with Crippen LogP contribution in [-0.4, -0.2) is 89.1 Å². The summed E-state index contributed by atoms with van der Waals surface area (Å²) in [5, 5.41) is 32.0. The number of likely N-dealkylation sites (N-methyl/N-ethyl adjacent to an activating group) is 1. The number of amides is 1. The van der Waals surface area contributed by atoms with Crippen LogP contribution in [0.2, 0.25) is 0 Å². The van der Waals surface area contributed by atoms with Gasteiger partial charge in [-0.15, -0.1) is 0 Å². The number of carbonyl (C=O) groups excluding carboxylic acids is 5. The van der Waals surface area contributed by atoms with Crippen LogP contribution in [0.25, 0.3) is 0 Å². The number of nitrogens with two attached hydrogens (primary N) is 1. The van der Waals surface area contributed by atoms with Crippen LogP contribution in [0, 0.1) is 23.7 Å². The van der Waals surface area contributed by atoms with Crippen molar-refractivity contribution in [2.24, 2.45) is 29.4 Å². The molecule has 3 aliphatic carbocycles. The second kappa shape index (κ2) is 8.21. The zero-order valence-electron chi connectivity index (χ0n) is 19.9. The Hall–Kier alpha value is -3.15. The van der Waals surface area contributed by atoms with Crippen molar-refractivity contribution in [3.05, 3.63) is 22.8 Å². The Labute approximate surface area is 201 Å². The lowest BCUT2D eigenvalue weighted by atomic mass is 9.52. The van der Waals surface area contributed by atoms with Crippen molar-refractivity contribution in [3.8, 4) is 5.75 Å². The summed E-state index contributed by atoms with van der Waals surface area (Å²) < 4.78 is 0. The Balaban J connectivity index is 1.91. The predicted octanol–water partition coefficient (Wildman–Crippen LogP) is -1.57. The number of aromatic hydroxyl groups is 1. The maximum Gasteiger partial charge on any atom is 0.235 e. The summed E-state index contributed by atoms with van der Waals surface area (Å²) in [6, 6.07) is 0.423. The third kappa shape index (κ3) is 3.25. The molecule has 2 saturated carbocycles. The number of primary amides is 1. The molecule has 5 unspecified atom stereocenters. The van der Waals surface area contributed by atoms with Crippen molar-refractivity contribution >= 4 is 34.7 Å². The maximum absolute atomic E-state index is 13.8. The van der Waals surface area contributed by atoms with Gasteiger partial charge in [-0.1, -0.05) is 0 Å². The monoisotopic (exact) mass is 487 g/mol. The highest BCUT2D eigenvalue weighted by molar-refractivity contribution is 6.32. The van der Waals surface area contributed by atoms with Gasteiger partial charge in [-0.05, 0) is 44.5 Å². The number of fused-ring (bicyclic) bond motifs is 3. The molecule has 0 aliphatic heterocycles. The normalized spacial score (nSPS) is 32.3. The second-order valence-electron chi connectivity index (χ2n) is 10.1. The molecule has 6 atom stereocenters. The number of benzene rings is 1. The maximum atomic E-state index is 13.8. The topological polar surface area (TPSA) is 179 Å². The van der Waals surface area contributed by atoms with E-state index in [1.54, 1.807) is 25.1 Å². The number of ketones is 4. The third-order valence-electron chi connectivity index (χ3n) is 7.77. The standard InChI is InChI=1S/C24H29N3O8/c1-26(2)13-7-10(8-28)18(29)15-11(13)5-9-6-12-17(27(3)4)20(31)16(23(25)34)22(33)24(12,35)21(32)14(9)19(15)30/h7,9,12,14,16-17,28-29,35H,5-6,8H2,1-4H3,(H2,25,34)/t9?,12?,14?,16?,17-,24?/m1/s1. The van der Waals surface area contributed by atoms with Crippen LogP contribution in [0.5, 0.6) is 5.75 Å². The molecule has 0 heterocycles. The fraction of sp³-hybridized carbons (Fsp3) is 0.542. The van der Waals surface area contributed by atoms with E-state index in [1.807, 2.05) is 0 Å². The first-order valence-electron chi connectivity index (χ1n) is 11.3. The molecule has 0 aromatic heterocycles. The van der Waals surface area contributed by atoms with Gasteiger partial charge in [0.1, 0.15) is 5.75 Å². The van der Waals surface area contributed by atoms with Crippen molar-refractivity contribution in [2.75, 3.05) is 33.1 Å². The lowest BCUT2D eigenvalue weighted by molar-refractivity contribution is -0.181. The highest BCUT2D eigenvalue weighted by Gasteiger charge is 2.69. The van der Waals surface area contributed by atoms with Crippen molar-refractivity contribution in [2.45, 2.75) is 31.1 Å². The number of carbonyl (C=O) groups is 5. The van der Waals surface area contributed by atoms with E-state index in [-0.39, 0.29) is 24.0 Å². The van der Waals surface area contributed by atoms with Crippen LogP contribution >= 0.6 is 0 Å². The molecule has 1 amide bonds. The molecule has 3 aliphatic rings. The predicted molar refractivity (Wildman–Crippen MR) is 122 cm³/mol. The van der Waals surface area contributed by atoms with Crippen LogP contribution in [0.3, 0.4) is 0 Å². The minimum absolute atomic E-state index is 0.0146. The number of aliphatic hydroxyl groups excluding tert-OH is 1. The van der Waals surface area contributed by atoms with E-state index >= 15 is 0 Å². The summed E-state index contributed by atoms with van der Waals surface area (Å²) in [6.07, 6.45) is 0.151. The molecule has 1 aromatic carbocycles. The average molecular weight is 488 g/mol. The summed E-state index contributed by atoms with van der Waals surface area (Å²) in [5.74, 6) is -11.0. The van der Waals surface area contributed by atoms with Gasteiger partial charge in [-0.2, -0.15) is 0 Å². The molecular formula is C24H29N3O8. The van der Waals surface area contributed by atoms with E-state index in [9.17, 15) is 39.3 Å². The first-order valence-corrected chi connectivity index (χ1v) is 11.3. The number of anilines is 1. The first kappa shape index (κ1) is 25.0. The molecule has 1 aromatic rings. The quantitative estimate of drug-likeness (QED) is 0.362. The number of nitrogens with zero attached hydrogens (tertiary/aromatic N) is 2. The van der Waals surface area contributed by atoms with Crippen LogP contribution in [0.4, 0.5) is 5.69 Å². The molecule has 35 heavy (non-hydrogen) atoms. The van der Waals surface area contributed by atoms with Gasteiger partial charge in [0.05, 0.1) is 24.1 Å². The third-order valence-corrected chi connectivity index (χ3v) is 7.77. The summed E-state index contributed by atoms with van der Waals surface area (Å²) in [4.78, 5) is 68.9. The van der Waals surface area contributed by atoms with E-state index in [0.717, 1.165) is 0 Å². The van der Waals surface area contributed by atoms with Crippen LogP contribution in [0.1, 0.15) is 27.9 Å². The fourth-order valence-electron chi connectivity index (χ4n) is 6.23. The number of aliphatic hydroxyl groups is 2. The number of Topliss-reactive ketones (excluding diaryl/α,β-unsaturated/α-hetero) is 4. The molecular weight excluding hydrogens is 458 g/mol. The number of hydrogen-bond donors (Lipinski definition) is 4. The van der Waals surface area contributed by atoms with E-state index < -0.39 is 76.7 Å². The van der Waals surface area contributed by atoms with Gasteiger partial charge in [0, 0.05) is 31.3 Å². The lowest BCUT2D eigenvalue weighted by Gasteiger charge is -2.52. The highest BCUT2D eigenvalue weighted by atomic mass is 16.3. The van der Waals surface area contributed by atoms with E-state index in [4.69, 9.17) is 5.73 Å². The van der Waals surface area contributed by atoms with Crippen LogP contribution in [0.15, 0.2) is 6.07 Å². The zero-order valence-corrected chi connectivity index (χ0v) is 19.9. The van der Waals surface area contributed by atoms with Crippen molar-refractivity contribution < 1.29 is 39.3 Å². The van der Waals surface area contributed by atoms with Gasteiger partial charge < -0.3 is 26.0 Å². The van der Waals surface area contributed by atoms with Crippen LogP contribution < -0.4 is 10.6 Å². The molecule has 2 fully saturated rings. The van der Waals surface area contributed by atoms with Crippen molar-refractivity contribution in [1.82, 2.24) is 4.90 Å². The van der Waals surface area contributed by atoms with Crippen molar-refractivity contribution in [1.29, 1.82) is 0 Å². The minimum Gasteiger partial charge on any atom is -0.507 e. The molecule has 0 radical (unpaired) electrons.